The van der Waals surface area contributed by atoms with Gasteiger partial charge in [0, 0.05) is 17.3 Å². The summed E-state index contributed by atoms with van der Waals surface area (Å²) < 4.78 is 1.37. The van der Waals surface area contributed by atoms with Crippen LogP contribution >= 0.6 is 11.8 Å². The molecule has 2 N–H and O–H groups in total. The maximum Gasteiger partial charge on any atom is 0.292 e. The summed E-state index contributed by atoms with van der Waals surface area (Å²) in [5, 5.41) is 33.5. The molecule has 26 heavy (non-hydrogen) atoms. The van der Waals surface area contributed by atoms with Gasteiger partial charge < -0.3 is 10.2 Å². The standard InChI is InChI=1S/C18H17N3O4S/c1-26-14-9-13(15-12(7-4-8-19-15)16(14)21(24)25)20-17(22)10-5-2-3-6-11(10)18(20)23/h4,7-9,22-23H,2-3,5-6H2,1H3. The number of hydrogen-bond acceptors (Lipinski definition) is 6. The fourth-order valence-corrected chi connectivity index (χ4v) is 4.31. The SMILES string of the molecule is CSc1cc(-n2c(O)c3c(c2O)CCCC3)c2ncccc2c1[N+](=O)[O-]. The molecule has 1 aliphatic rings. The van der Waals surface area contributed by atoms with E-state index in [0.717, 1.165) is 24.0 Å². The Morgan fingerprint density at radius 2 is 1.88 bits per heavy atom. The molecule has 0 radical (unpaired) electrons. The highest BCUT2D eigenvalue weighted by molar-refractivity contribution is 7.98. The van der Waals surface area contributed by atoms with E-state index in [1.807, 2.05) is 0 Å². The lowest BCUT2D eigenvalue weighted by atomic mass is 9.95. The molecule has 1 aromatic carbocycles. The molecule has 1 aliphatic carbocycles. The number of nitro benzene ring substituents is 1. The molecule has 134 valence electrons. The summed E-state index contributed by atoms with van der Waals surface area (Å²) in [7, 11) is 0. The molecule has 0 fully saturated rings. The van der Waals surface area contributed by atoms with E-state index in [1.165, 1.54) is 16.3 Å². The van der Waals surface area contributed by atoms with Crippen LogP contribution < -0.4 is 0 Å². The van der Waals surface area contributed by atoms with E-state index in [0.29, 0.717) is 34.3 Å². The van der Waals surface area contributed by atoms with Crippen LogP contribution in [0.2, 0.25) is 0 Å². The Hall–Kier alpha value is -2.74. The van der Waals surface area contributed by atoms with Gasteiger partial charge in [0.05, 0.1) is 20.9 Å². The van der Waals surface area contributed by atoms with Crippen LogP contribution in [-0.2, 0) is 12.8 Å². The lowest BCUT2D eigenvalue weighted by Gasteiger charge is -2.12. The smallest absolute Gasteiger partial charge is 0.292 e. The molecule has 0 amide bonds. The van der Waals surface area contributed by atoms with Crippen LogP contribution in [0.3, 0.4) is 0 Å². The Balaban J connectivity index is 2.10. The predicted molar refractivity (Wildman–Crippen MR) is 99.5 cm³/mol. The topological polar surface area (TPSA) is 101 Å². The molecule has 0 spiro atoms. The number of pyridine rings is 1. The van der Waals surface area contributed by atoms with Gasteiger partial charge in [-0.3, -0.25) is 15.1 Å². The summed E-state index contributed by atoms with van der Waals surface area (Å²) in [6.07, 6.45) is 6.63. The van der Waals surface area contributed by atoms with Crippen LogP contribution in [0, 0.1) is 10.1 Å². The number of nitrogens with zero attached hydrogens (tertiary/aromatic N) is 3. The van der Waals surface area contributed by atoms with Crippen molar-refractivity contribution >= 4 is 28.4 Å². The maximum atomic E-state index is 11.6. The molecule has 0 bridgehead atoms. The van der Waals surface area contributed by atoms with Gasteiger partial charge in [0.1, 0.15) is 5.52 Å². The highest BCUT2D eigenvalue weighted by Gasteiger charge is 2.29. The van der Waals surface area contributed by atoms with E-state index in [1.54, 1.807) is 30.7 Å². The van der Waals surface area contributed by atoms with E-state index in [2.05, 4.69) is 4.98 Å². The van der Waals surface area contributed by atoms with Crippen molar-refractivity contribution in [2.24, 2.45) is 0 Å². The largest absolute Gasteiger partial charge is 0.494 e. The minimum Gasteiger partial charge on any atom is -0.494 e. The van der Waals surface area contributed by atoms with Crippen LogP contribution in [0.1, 0.15) is 24.0 Å². The monoisotopic (exact) mass is 371 g/mol. The van der Waals surface area contributed by atoms with Gasteiger partial charge in [0.25, 0.3) is 5.69 Å². The van der Waals surface area contributed by atoms with Crippen LogP contribution in [0.25, 0.3) is 16.6 Å². The third kappa shape index (κ3) is 2.33. The van der Waals surface area contributed by atoms with Gasteiger partial charge >= 0.3 is 0 Å². The van der Waals surface area contributed by atoms with Crippen molar-refractivity contribution in [1.29, 1.82) is 0 Å². The molecule has 0 saturated heterocycles. The fraction of sp³-hybridized carbons (Fsp3) is 0.278. The van der Waals surface area contributed by atoms with E-state index < -0.39 is 4.92 Å². The first kappa shape index (κ1) is 16.7. The van der Waals surface area contributed by atoms with Gasteiger partial charge in [-0.2, -0.15) is 0 Å². The molecule has 8 heteroatoms. The molecule has 0 saturated carbocycles. The van der Waals surface area contributed by atoms with Crippen molar-refractivity contribution < 1.29 is 15.1 Å². The summed E-state index contributed by atoms with van der Waals surface area (Å²) in [6, 6.07) is 4.90. The number of rotatable bonds is 3. The van der Waals surface area contributed by atoms with Crippen molar-refractivity contribution in [2.45, 2.75) is 30.6 Å². The molecule has 7 nitrogen and oxygen atoms in total. The molecule has 2 aromatic heterocycles. The Labute approximate surface area is 153 Å². The predicted octanol–water partition coefficient (Wildman–Crippen LogP) is 3.95. The molecule has 0 atom stereocenters. The minimum atomic E-state index is -0.417. The number of aromatic hydroxyl groups is 2. The third-order valence-electron chi connectivity index (χ3n) is 4.88. The molecular formula is C18H17N3O4S. The summed E-state index contributed by atoms with van der Waals surface area (Å²) in [4.78, 5) is 15.9. The highest BCUT2D eigenvalue weighted by atomic mass is 32.2. The quantitative estimate of drug-likeness (QED) is 0.411. The number of fused-ring (bicyclic) bond motifs is 2. The van der Waals surface area contributed by atoms with Crippen molar-refractivity contribution in [3.8, 4) is 17.4 Å². The molecule has 4 rings (SSSR count). The fourth-order valence-electron chi connectivity index (χ4n) is 3.71. The first-order valence-corrected chi connectivity index (χ1v) is 9.52. The van der Waals surface area contributed by atoms with Gasteiger partial charge in [-0.1, -0.05) is 0 Å². The first-order chi connectivity index (χ1) is 12.5. The first-order valence-electron chi connectivity index (χ1n) is 8.29. The Morgan fingerprint density at radius 3 is 2.46 bits per heavy atom. The Morgan fingerprint density at radius 1 is 1.23 bits per heavy atom. The van der Waals surface area contributed by atoms with Gasteiger partial charge in [-0.25, -0.2) is 4.57 Å². The van der Waals surface area contributed by atoms with Crippen LogP contribution in [0.4, 0.5) is 5.69 Å². The molecule has 3 aromatic rings. The molecule has 0 unspecified atom stereocenters. The minimum absolute atomic E-state index is 0.00920. The number of thioether (sulfide) groups is 1. The Kier molecular flexibility index (Phi) is 3.99. The normalized spacial score (nSPS) is 13.7. The second kappa shape index (κ2) is 6.21. The Bertz CT molecular complexity index is 1020. The summed E-state index contributed by atoms with van der Waals surface area (Å²) >= 11 is 1.25. The van der Waals surface area contributed by atoms with E-state index >= 15 is 0 Å². The van der Waals surface area contributed by atoms with Crippen LogP contribution in [0.15, 0.2) is 29.3 Å². The van der Waals surface area contributed by atoms with Crippen molar-refractivity contribution in [2.75, 3.05) is 6.26 Å². The lowest BCUT2D eigenvalue weighted by Crippen LogP contribution is -2.00. The zero-order valence-corrected chi connectivity index (χ0v) is 14.9. The van der Waals surface area contributed by atoms with E-state index in [9.17, 15) is 20.3 Å². The average Bonchev–Trinajstić information content (AvgIpc) is 2.91. The number of nitro groups is 1. The zero-order chi connectivity index (χ0) is 18.4. The number of aromatic nitrogens is 2. The van der Waals surface area contributed by atoms with Crippen molar-refractivity contribution in [3.63, 3.8) is 0 Å². The summed E-state index contributed by atoms with van der Waals surface area (Å²) in [6.45, 7) is 0. The van der Waals surface area contributed by atoms with E-state index in [-0.39, 0.29) is 17.4 Å². The molecule has 0 aliphatic heterocycles. The van der Waals surface area contributed by atoms with Gasteiger partial charge in [0.15, 0.2) is 0 Å². The number of benzene rings is 1. The van der Waals surface area contributed by atoms with Crippen molar-refractivity contribution in [3.05, 3.63) is 45.6 Å². The lowest BCUT2D eigenvalue weighted by molar-refractivity contribution is -0.385. The second-order valence-electron chi connectivity index (χ2n) is 6.25. The summed E-state index contributed by atoms with van der Waals surface area (Å²) in [5.74, 6) is -0.0184. The molecule has 2 heterocycles. The van der Waals surface area contributed by atoms with Crippen LogP contribution in [0.5, 0.6) is 11.8 Å². The van der Waals surface area contributed by atoms with Gasteiger partial charge in [-0.05, 0) is 50.1 Å². The maximum absolute atomic E-state index is 11.6. The van der Waals surface area contributed by atoms with Gasteiger partial charge in [-0.15, -0.1) is 11.8 Å². The van der Waals surface area contributed by atoms with Crippen molar-refractivity contribution in [1.82, 2.24) is 9.55 Å². The zero-order valence-electron chi connectivity index (χ0n) is 14.1. The van der Waals surface area contributed by atoms with Gasteiger partial charge in [0.2, 0.25) is 11.8 Å². The highest BCUT2D eigenvalue weighted by Crippen LogP contribution is 2.44. The van der Waals surface area contributed by atoms with E-state index in [4.69, 9.17) is 0 Å². The number of hydrogen-bond donors (Lipinski definition) is 2. The average molecular weight is 371 g/mol. The third-order valence-corrected chi connectivity index (χ3v) is 5.63. The molecular weight excluding hydrogens is 354 g/mol. The summed E-state index contributed by atoms with van der Waals surface area (Å²) in [5.41, 5.74) is 2.30. The van der Waals surface area contributed by atoms with Crippen LogP contribution in [-0.4, -0.2) is 30.9 Å². The second-order valence-corrected chi connectivity index (χ2v) is 7.10.